The van der Waals surface area contributed by atoms with Gasteiger partial charge in [0.05, 0.1) is 5.69 Å². The van der Waals surface area contributed by atoms with E-state index in [4.69, 9.17) is 9.47 Å². The zero-order valence-electron chi connectivity index (χ0n) is 14.3. The Hall–Kier alpha value is -2.34. The van der Waals surface area contributed by atoms with Gasteiger partial charge in [0.2, 0.25) is 6.79 Å². The molecule has 4 aliphatic heterocycles. The van der Waals surface area contributed by atoms with E-state index in [1.807, 2.05) is 30.3 Å². The summed E-state index contributed by atoms with van der Waals surface area (Å²) in [5, 5.41) is 12.4. The van der Waals surface area contributed by atoms with E-state index < -0.39 is 0 Å². The second-order valence-corrected chi connectivity index (χ2v) is 7.16. The summed E-state index contributed by atoms with van der Waals surface area (Å²) in [6.45, 7) is 5.07. The van der Waals surface area contributed by atoms with Crippen LogP contribution in [0, 0.1) is 5.92 Å². The molecule has 2 unspecified atom stereocenters. The van der Waals surface area contributed by atoms with Crippen LogP contribution in [0.25, 0.3) is 11.3 Å². The summed E-state index contributed by atoms with van der Waals surface area (Å²) in [5.74, 6) is 3.15. The van der Waals surface area contributed by atoms with Crippen LogP contribution in [0.5, 0.6) is 11.5 Å². The molecule has 130 valence electrons. The van der Waals surface area contributed by atoms with E-state index in [-0.39, 0.29) is 6.79 Å². The number of benzene rings is 1. The molecule has 3 fully saturated rings. The molecule has 25 heavy (non-hydrogen) atoms. The van der Waals surface area contributed by atoms with Gasteiger partial charge >= 0.3 is 0 Å². The molecule has 0 aliphatic carbocycles. The van der Waals surface area contributed by atoms with Crippen LogP contribution >= 0.6 is 0 Å². The van der Waals surface area contributed by atoms with Crippen LogP contribution in [-0.4, -0.2) is 47.1 Å². The van der Waals surface area contributed by atoms with Crippen molar-refractivity contribution in [2.24, 2.45) is 5.92 Å². The Labute approximate surface area is 147 Å². The van der Waals surface area contributed by atoms with E-state index in [9.17, 15) is 0 Å². The Morgan fingerprint density at radius 1 is 1.04 bits per heavy atom. The summed E-state index contributed by atoms with van der Waals surface area (Å²) in [7, 11) is 0. The minimum Gasteiger partial charge on any atom is -0.454 e. The fraction of sp³-hybridized carbons (Fsp3) is 0.474. The fourth-order valence-electron chi connectivity index (χ4n) is 4.34. The summed E-state index contributed by atoms with van der Waals surface area (Å²) in [6.07, 6.45) is 2.56. The molecule has 4 aliphatic rings. The molecule has 2 aromatic rings. The molecule has 6 nitrogen and oxygen atoms in total. The lowest BCUT2D eigenvalue weighted by Gasteiger charge is -2.50. The molecule has 6 rings (SSSR count). The molecule has 0 saturated carbocycles. The van der Waals surface area contributed by atoms with Crippen molar-refractivity contribution in [1.29, 1.82) is 0 Å². The first-order chi connectivity index (χ1) is 12.3. The minimum atomic E-state index is 0.283. The van der Waals surface area contributed by atoms with Gasteiger partial charge in [-0.25, -0.2) is 0 Å². The number of hydrogen-bond donors (Lipinski definition) is 1. The number of ether oxygens (including phenoxy) is 2. The number of nitrogens with zero attached hydrogens (tertiary/aromatic N) is 3. The zero-order valence-corrected chi connectivity index (χ0v) is 14.3. The first kappa shape index (κ1) is 15.0. The van der Waals surface area contributed by atoms with Crippen LogP contribution < -0.4 is 14.8 Å². The van der Waals surface area contributed by atoms with Gasteiger partial charge in [0.15, 0.2) is 11.5 Å². The maximum Gasteiger partial charge on any atom is 0.231 e. The Bertz CT molecular complexity index is 769. The van der Waals surface area contributed by atoms with Crippen LogP contribution in [0.4, 0.5) is 5.82 Å². The molecule has 5 heterocycles. The Morgan fingerprint density at radius 3 is 2.64 bits per heavy atom. The molecule has 1 N–H and O–H groups in total. The second-order valence-electron chi connectivity index (χ2n) is 7.16. The lowest BCUT2D eigenvalue weighted by Crippen LogP contribution is -2.59. The molecule has 3 saturated heterocycles. The number of aromatic nitrogens is 2. The maximum atomic E-state index is 5.44. The first-order valence-corrected chi connectivity index (χ1v) is 9.02. The number of hydrogen-bond acceptors (Lipinski definition) is 6. The van der Waals surface area contributed by atoms with Crippen LogP contribution in [0.1, 0.15) is 19.8 Å². The van der Waals surface area contributed by atoms with E-state index >= 15 is 0 Å². The zero-order chi connectivity index (χ0) is 16.8. The maximum absolute atomic E-state index is 5.44. The third kappa shape index (κ3) is 2.61. The predicted octanol–water partition coefficient (Wildman–Crippen LogP) is 2.77. The van der Waals surface area contributed by atoms with E-state index in [1.165, 1.54) is 25.9 Å². The van der Waals surface area contributed by atoms with Crippen LogP contribution in [0.3, 0.4) is 0 Å². The van der Waals surface area contributed by atoms with Crippen molar-refractivity contribution >= 4 is 5.82 Å². The molecule has 0 amide bonds. The number of nitrogens with one attached hydrogen (secondary N) is 1. The van der Waals surface area contributed by atoms with E-state index in [1.54, 1.807) is 0 Å². The van der Waals surface area contributed by atoms with Gasteiger partial charge in [0.1, 0.15) is 5.82 Å². The molecular weight excluding hydrogens is 316 g/mol. The predicted molar refractivity (Wildman–Crippen MR) is 94.8 cm³/mol. The molecule has 2 bridgehead atoms. The van der Waals surface area contributed by atoms with Crippen molar-refractivity contribution < 1.29 is 9.47 Å². The van der Waals surface area contributed by atoms with Crippen LogP contribution in [0.2, 0.25) is 0 Å². The minimum absolute atomic E-state index is 0.283. The second kappa shape index (κ2) is 5.88. The average molecular weight is 338 g/mol. The smallest absolute Gasteiger partial charge is 0.231 e. The van der Waals surface area contributed by atoms with Gasteiger partial charge in [-0.1, -0.05) is 0 Å². The lowest BCUT2D eigenvalue weighted by atomic mass is 9.79. The molecule has 0 radical (unpaired) electrons. The van der Waals surface area contributed by atoms with Gasteiger partial charge in [-0.15, -0.1) is 10.2 Å². The summed E-state index contributed by atoms with van der Waals surface area (Å²) in [5.41, 5.74) is 1.82. The van der Waals surface area contributed by atoms with E-state index in [2.05, 4.69) is 27.3 Å². The van der Waals surface area contributed by atoms with Gasteiger partial charge in [-0.2, -0.15) is 0 Å². The fourth-order valence-corrected chi connectivity index (χ4v) is 4.34. The summed E-state index contributed by atoms with van der Waals surface area (Å²) in [4.78, 5) is 2.58. The third-order valence-electron chi connectivity index (χ3n) is 5.83. The van der Waals surface area contributed by atoms with E-state index in [0.29, 0.717) is 12.1 Å². The monoisotopic (exact) mass is 338 g/mol. The SMILES string of the molecule is CC1C(Nc2ccc(-c3ccc4c(c3)OCO4)nn2)C2CCN1CC2. The van der Waals surface area contributed by atoms with Crippen molar-refractivity contribution in [1.82, 2.24) is 15.1 Å². The van der Waals surface area contributed by atoms with E-state index in [0.717, 1.165) is 34.5 Å². The van der Waals surface area contributed by atoms with Crippen molar-refractivity contribution in [3.05, 3.63) is 30.3 Å². The molecule has 2 atom stereocenters. The molecular formula is C19H22N4O2. The lowest BCUT2D eigenvalue weighted by molar-refractivity contribution is 0.0457. The normalized spacial score (nSPS) is 29.6. The molecule has 6 heteroatoms. The highest BCUT2D eigenvalue weighted by Gasteiger charge is 2.39. The van der Waals surface area contributed by atoms with Crippen molar-refractivity contribution in [3.8, 4) is 22.8 Å². The summed E-state index contributed by atoms with van der Waals surface area (Å²) in [6, 6.07) is 10.9. The van der Waals surface area contributed by atoms with Gasteiger partial charge in [0.25, 0.3) is 0 Å². The Morgan fingerprint density at radius 2 is 1.88 bits per heavy atom. The van der Waals surface area contributed by atoms with Gasteiger partial charge in [0, 0.05) is 17.6 Å². The largest absolute Gasteiger partial charge is 0.454 e. The highest BCUT2D eigenvalue weighted by Crippen LogP contribution is 2.36. The Kier molecular flexibility index (Phi) is 3.52. The van der Waals surface area contributed by atoms with Gasteiger partial charge in [-0.05, 0) is 69.1 Å². The molecule has 1 aromatic heterocycles. The summed E-state index contributed by atoms with van der Waals surface area (Å²) >= 11 is 0. The molecule has 1 aromatic carbocycles. The topological polar surface area (TPSA) is 59.5 Å². The number of anilines is 1. The average Bonchev–Trinajstić information content (AvgIpc) is 3.13. The van der Waals surface area contributed by atoms with Crippen LogP contribution in [0.15, 0.2) is 30.3 Å². The highest BCUT2D eigenvalue weighted by atomic mass is 16.7. The number of fused-ring (bicyclic) bond motifs is 4. The van der Waals surface area contributed by atoms with Crippen molar-refractivity contribution in [3.63, 3.8) is 0 Å². The third-order valence-corrected chi connectivity index (χ3v) is 5.83. The van der Waals surface area contributed by atoms with Crippen molar-refractivity contribution in [2.45, 2.75) is 31.8 Å². The highest BCUT2D eigenvalue weighted by molar-refractivity contribution is 5.64. The standard InChI is InChI=1S/C19H22N4O2/c1-12-19(13-6-8-23(12)9-7-13)20-18-5-3-15(21-22-18)14-2-4-16-17(10-14)25-11-24-16/h2-5,10,12-13,19H,6-9,11H2,1H3,(H,20,22). The van der Waals surface area contributed by atoms with Crippen molar-refractivity contribution in [2.75, 3.05) is 25.2 Å². The summed E-state index contributed by atoms with van der Waals surface area (Å²) < 4.78 is 10.8. The van der Waals surface area contributed by atoms with Crippen LogP contribution in [-0.2, 0) is 0 Å². The molecule has 0 spiro atoms. The quantitative estimate of drug-likeness (QED) is 0.929. The number of rotatable bonds is 3. The van der Waals surface area contributed by atoms with Gasteiger partial charge in [-0.3, -0.25) is 4.90 Å². The number of piperidine rings is 3. The Balaban J connectivity index is 1.33. The van der Waals surface area contributed by atoms with Gasteiger partial charge < -0.3 is 14.8 Å². The first-order valence-electron chi connectivity index (χ1n) is 9.02.